The lowest BCUT2D eigenvalue weighted by molar-refractivity contribution is -0.141. The number of anilines is 1. The molecule has 0 aliphatic heterocycles. The molecule has 0 spiro atoms. The van der Waals surface area contributed by atoms with Crippen molar-refractivity contribution in [1.29, 1.82) is 0 Å². The van der Waals surface area contributed by atoms with Crippen molar-refractivity contribution < 1.29 is 9.53 Å². The minimum Gasteiger partial charge on any atom is -0.464 e. The Hall–Kier alpha value is -1.62. The van der Waals surface area contributed by atoms with Crippen molar-refractivity contribution >= 4 is 38.5 Å². The summed E-state index contributed by atoms with van der Waals surface area (Å²) in [5.41, 5.74) is 1.68. The second-order valence-electron chi connectivity index (χ2n) is 4.46. The van der Waals surface area contributed by atoms with Gasteiger partial charge in [-0.3, -0.25) is 9.78 Å². The van der Waals surface area contributed by atoms with Crippen LogP contribution in [0.1, 0.15) is 19.8 Å². The molecule has 0 amide bonds. The summed E-state index contributed by atoms with van der Waals surface area (Å²) in [6, 6.07) is 7.81. The average Bonchev–Trinajstić information content (AvgIpc) is 2.45. The molecule has 106 valence electrons. The smallest absolute Gasteiger partial charge is 0.325 e. The molecule has 2 aromatic rings. The Bertz CT molecular complexity index is 601. The lowest BCUT2D eigenvalue weighted by Gasteiger charge is -2.09. The van der Waals surface area contributed by atoms with E-state index in [9.17, 15) is 4.79 Å². The highest BCUT2D eigenvalue weighted by Gasteiger charge is 2.06. The van der Waals surface area contributed by atoms with E-state index in [1.165, 1.54) is 0 Å². The molecular weight excluding hydrogens is 320 g/mol. The minimum atomic E-state index is -0.243. The van der Waals surface area contributed by atoms with Crippen LogP contribution in [-0.2, 0) is 9.53 Å². The van der Waals surface area contributed by atoms with Crippen LogP contribution < -0.4 is 5.32 Å². The Morgan fingerprint density at radius 1 is 1.45 bits per heavy atom. The third-order valence-corrected chi connectivity index (χ3v) is 3.30. The molecule has 0 unspecified atom stereocenters. The number of esters is 1. The van der Waals surface area contributed by atoms with Gasteiger partial charge in [-0.15, -0.1) is 0 Å². The fourth-order valence-corrected chi connectivity index (χ4v) is 2.17. The molecule has 0 bridgehead atoms. The summed E-state index contributed by atoms with van der Waals surface area (Å²) in [5, 5.41) is 4.10. The molecule has 0 atom stereocenters. The number of carbonyl (C=O) groups excluding carboxylic acids is 1. The first-order valence-electron chi connectivity index (χ1n) is 6.64. The maximum atomic E-state index is 11.6. The summed E-state index contributed by atoms with van der Waals surface area (Å²) in [6.07, 6.45) is 3.66. The van der Waals surface area contributed by atoms with Gasteiger partial charge < -0.3 is 10.1 Å². The minimum absolute atomic E-state index is 0.153. The Morgan fingerprint density at radius 3 is 3.10 bits per heavy atom. The summed E-state index contributed by atoms with van der Waals surface area (Å²) in [5.74, 6) is -0.243. The van der Waals surface area contributed by atoms with Crippen molar-refractivity contribution in [1.82, 2.24) is 4.98 Å². The first-order valence-corrected chi connectivity index (χ1v) is 7.43. The molecular formula is C15H17BrN2O2. The average molecular weight is 337 g/mol. The van der Waals surface area contributed by atoms with Crippen molar-refractivity contribution in [2.75, 3.05) is 18.5 Å². The molecule has 1 N–H and O–H groups in total. The number of hydrogen-bond acceptors (Lipinski definition) is 4. The van der Waals surface area contributed by atoms with Crippen molar-refractivity contribution in [3.63, 3.8) is 0 Å². The van der Waals surface area contributed by atoms with Crippen molar-refractivity contribution in [2.24, 2.45) is 0 Å². The van der Waals surface area contributed by atoms with Crippen molar-refractivity contribution in [3.05, 3.63) is 34.9 Å². The molecule has 0 aliphatic carbocycles. The van der Waals surface area contributed by atoms with Gasteiger partial charge in [0.2, 0.25) is 0 Å². The van der Waals surface area contributed by atoms with E-state index in [2.05, 4.69) is 33.2 Å². The van der Waals surface area contributed by atoms with Crippen molar-refractivity contribution in [3.8, 4) is 0 Å². The molecule has 2 rings (SSSR count). The van der Waals surface area contributed by atoms with Gasteiger partial charge in [-0.2, -0.15) is 0 Å². The molecule has 0 radical (unpaired) electrons. The summed E-state index contributed by atoms with van der Waals surface area (Å²) in [7, 11) is 0. The molecule has 1 aromatic heterocycles. The second-order valence-corrected chi connectivity index (χ2v) is 5.37. The number of unbranched alkanes of at least 4 members (excludes halogenated alkanes) is 1. The fraction of sp³-hybridized carbons (Fsp3) is 0.333. The van der Waals surface area contributed by atoms with Crippen LogP contribution in [0.4, 0.5) is 5.69 Å². The van der Waals surface area contributed by atoms with Crippen LogP contribution in [0.2, 0.25) is 0 Å². The highest BCUT2D eigenvalue weighted by Crippen LogP contribution is 2.23. The molecule has 0 fully saturated rings. The van der Waals surface area contributed by atoms with Crippen LogP contribution >= 0.6 is 15.9 Å². The molecule has 20 heavy (non-hydrogen) atoms. The Labute approximate surface area is 126 Å². The van der Waals surface area contributed by atoms with Gasteiger partial charge in [-0.05, 0) is 34.5 Å². The van der Waals surface area contributed by atoms with Crippen molar-refractivity contribution in [2.45, 2.75) is 19.8 Å². The predicted molar refractivity (Wildman–Crippen MR) is 83.8 cm³/mol. The number of pyridine rings is 1. The molecule has 1 heterocycles. The summed E-state index contributed by atoms with van der Waals surface area (Å²) in [4.78, 5) is 15.9. The second kappa shape index (κ2) is 7.24. The van der Waals surface area contributed by atoms with E-state index in [0.717, 1.165) is 33.9 Å². The van der Waals surface area contributed by atoms with E-state index in [0.29, 0.717) is 6.61 Å². The summed E-state index contributed by atoms with van der Waals surface area (Å²) >= 11 is 3.40. The topological polar surface area (TPSA) is 51.2 Å². The van der Waals surface area contributed by atoms with Gasteiger partial charge in [0.1, 0.15) is 6.54 Å². The number of hydrogen-bond donors (Lipinski definition) is 1. The number of fused-ring (bicyclic) bond motifs is 1. The first kappa shape index (κ1) is 14.8. The number of benzene rings is 1. The molecule has 5 heteroatoms. The van der Waals surface area contributed by atoms with E-state index in [1.807, 2.05) is 24.3 Å². The lowest BCUT2D eigenvalue weighted by atomic mass is 10.2. The van der Waals surface area contributed by atoms with Crippen LogP contribution in [0.3, 0.4) is 0 Å². The number of nitrogens with one attached hydrogen (secondary N) is 1. The number of halogens is 1. The van der Waals surface area contributed by atoms with Gasteiger partial charge in [-0.25, -0.2) is 0 Å². The zero-order valence-corrected chi connectivity index (χ0v) is 12.9. The number of para-hydroxylation sites is 1. The maximum absolute atomic E-state index is 11.6. The molecule has 0 aliphatic rings. The summed E-state index contributed by atoms with van der Waals surface area (Å²) < 4.78 is 6.04. The van der Waals surface area contributed by atoms with Gasteiger partial charge in [0.25, 0.3) is 0 Å². The van der Waals surface area contributed by atoms with E-state index < -0.39 is 0 Å². The largest absolute Gasteiger partial charge is 0.464 e. The zero-order chi connectivity index (χ0) is 14.4. The van der Waals surface area contributed by atoms with Gasteiger partial charge in [0.15, 0.2) is 0 Å². The molecule has 0 saturated heterocycles. The standard InChI is InChI=1S/C15H17BrN2O2/c1-2-3-7-20-14(19)10-17-13-6-4-5-11-8-12(16)9-18-15(11)13/h4-6,8-9,17H,2-3,7,10H2,1H3. The van der Waals surface area contributed by atoms with Gasteiger partial charge in [0.05, 0.1) is 17.8 Å². The van der Waals surface area contributed by atoms with Gasteiger partial charge in [-0.1, -0.05) is 25.5 Å². The summed E-state index contributed by atoms with van der Waals surface area (Å²) in [6.45, 7) is 2.70. The Kier molecular flexibility index (Phi) is 5.35. The zero-order valence-electron chi connectivity index (χ0n) is 11.4. The Balaban J connectivity index is 2.01. The number of aromatic nitrogens is 1. The monoisotopic (exact) mass is 336 g/mol. The van der Waals surface area contributed by atoms with Crippen LogP contribution in [0.15, 0.2) is 34.9 Å². The van der Waals surface area contributed by atoms with E-state index in [-0.39, 0.29) is 12.5 Å². The third kappa shape index (κ3) is 3.93. The van der Waals surface area contributed by atoms with E-state index in [4.69, 9.17) is 4.74 Å². The number of rotatable bonds is 6. The van der Waals surface area contributed by atoms with E-state index in [1.54, 1.807) is 6.20 Å². The third-order valence-electron chi connectivity index (χ3n) is 2.86. The fourth-order valence-electron chi connectivity index (χ4n) is 1.83. The first-order chi connectivity index (χ1) is 9.70. The van der Waals surface area contributed by atoms with Crippen LogP contribution in [0, 0.1) is 0 Å². The number of nitrogens with zero attached hydrogens (tertiary/aromatic N) is 1. The quantitative estimate of drug-likeness (QED) is 0.644. The molecule has 4 nitrogen and oxygen atoms in total. The van der Waals surface area contributed by atoms with Crippen LogP contribution in [0.25, 0.3) is 10.9 Å². The maximum Gasteiger partial charge on any atom is 0.325 e. The SMILES string of the molecule is CCCCOC(=O)CNc1cccc2cc(Br)cnc12. The van der Waals surface area contributed by atoms with Gasteiger partial charge in [0, 0.05) is 16.1 Å². The van der Waals surface area contributed by atoms with E-state index >= 15 is 0 Å². The Morgan fingerprint density at radius 2 is 2.30 bits per heavy atom. The van der Waals surface area contributed by atoms with Crippen LogP contribution in [-0.4, -0.2) is 24.1 Å². The normalized spacial score (nSPS) is 10.5. The number of ether oxygens (including phenoxy) is 1. The molecule has 1 aromatic carbocycles. The van der Waals surface area contributed by atoms with Crippen LogP contribution in [0.5, 0.6) is 0 Å². The lowest BCUT2D eigenvalue weighted by Crippen LogP contribution is -2.17. The predicted octanol–water partition coefficient (Wildman–Crippen LogP) is 3.75. The highest BCUT2D eigenvalue weighted by atomic mass is 79.9. The van der Waals surface area contributed by atoms with Gasteiger partial charge >= 0.3 is 5.97 Å². The molecule has 0 saturated carbocycles. The highest BCUT2D eigenvalue weighted by molar-refractivity contribution is 9.10. The number of carbonyl (C=O) groups is 1.